The lowest BCUT2D eigenvalue weighted by Crippen LogP contribution is -2.19. The van der Waals surface area contributed by atoms with Crippen LogP contribution < -0.4 is 20.2 Å². The molecule has 0 aliphatic heterocycles. The Hall–Kier alpha value is -4.87. The normalized spacial score (nSPS) is 11.7. The van der Waals surface area contributed by atoms with Gasteiger partial charge >= 0.3 is 6.36 Å². The first-order valence-electron chi connectivity index (χ1n) is 10.4. The maximum absolute atomic E-state index is 12.7. The van der Waals surface area contributed by atoms with Gasteiger partial charge in [0, 0.05) is 48.7 Å². The summed E-state index contributed by atoms with van der Waals surface area (Å²) in [7, 11) is 1.49. The second-order valence-corrected chi connectivity index (χ2v) is 7.23. The summed E-state index contributed by atoms with van der Waals surface area (Å²) in [5, 5.41) is 18.9. The number of hydrogen-bond donors (Lipinski definition) is 2. The molecule has 0 aliphatic rings. The number of aromatic nitrogens is 4. The number of benzene rings is 2. The number of hydrogen-bond acceptors (Lipinski definition) is 7. The Balaban J connectivity index is 1.70. The number of nitrogens with zero attached hydrogens (tertiary/aromatic N) is 4. The molecule has 0 atom stereocenters. The maximum atomic E-state index is 12.7. The largest absolute Gasteiger partial charge is 0.573 e. The number of rotatable bonds is 8. The van der Waals surface area contributed by atoms with Crippen molar-refractivity contribution in [2.45, 2.75) is 6.36 Å². The van der Waals surface area contributed by atoms with Crippen LogP contribution in [-0.4, -0.2) is 39.2 Å². The zero-order valence-corrected chi connectivity index (χ0v) is 18.7. The lowest BCUT2D eigenvalue weighted by atomic mass is 10.2. The molecule has 4 rings (SSSR count). The third kappa shape index (κ3) is 5.60. The fourth-order valence-electron chi connectivity index (χ4n) is 3.34. The standard InChI is InChI=1S/C24H19F3N6O3/c1-35-22-15-17(32-12-3-11-29-32)6-7-20(22)33-13-9-21(34)23(31-33)19(8-10-28)30-16-4-2-5-18(14-16)36-24(25,26)27/h2-15,28,30H,1H3/b19-8-,28-10?. The van der Waals surface area contributed by atoms with Gasteiger partial charge in [-0.2, -0.15) is 10.2 Å². The predicted octanol–water partition coefficient (Wildman–Crippen LogP) is 4.43. The number of halogens is 3. The Morgan fingerprint density at radius 3 is 2.61 bits per heavy atom. The summed E-state index contributed by atoms with van der Waals surface area (Å²) in [6.07, 6.45) is 2.22. The molecule has 2 aromatic carbocycles. The van der Waals surface area contributed by atoms with Crippen molar-refractivity contribution in [2.24, 2.45) is 0 Å². The monoisotopic (exact) mass is 496 g/mol. The van der Waals surface area contributed by atoms with E-state index in [1.54, 1.807) is 41.3 Å². The van der Waals surface area contributed by atoms with Crippen molar-refractivity contribution in [1.29, 1.82) is 5.41 Å². The van der Waals surface area contributed by atoms with E-state index in [4.69, 9.17) is 10.1 Å². The molecule has 0 saturated heterocycles. The van der Waals surface area contributed by atoms with Gasteiger partial charge in [-0.15, -0.1) is 13.2 Å². The number of alkyl halides is 3. The van der Waals surface area contributed by atoms with Crippen LogP contribution in [0.4, 0.5) is 18.9 Å². The highest BCUT2D eigenvalue weighted by Crippen LogP contribution is 2.27. The smallest absolute Gasteiger partial charge is 0.494 e. The van der Waals surface area contributed by atoms with Gasteiger partial charge in [0.25, 0.3) is 0 Å². The van der Waals surface area contributed by atoms with Crippen LogP contribution in [0, 0.1) is 5.41 Å². The van der Waals surface area contributed by atoms with Gasteiger partial charge in [-0.25, -0.2) is 9.36 Å². The van der Waals surface area contributed by atoms with Crippen LogP contribution in [0.25, 0.3) is 17.1 Å². The minimum Gasteiger partial charge on any atom is -0.494 e. The lowest BCUT2D eigenvalue weighted by Gasteiger charge is -2.15. The Morgan fingerprint density at radius 2 is 1.92 bits per heavy atom. The molecule has 184 valence electrons. The molecule has 0 bridgehead atoms. The summed E-state index contributed by atoms with van der Waals surface area (Å²) in [5.41, 5.74) is 1.02. The second kappa shape index (κ2) is 10.2. The van der Waals surface area contributed by atoms with Crippen molar-refractivity contribution in [1.82, 2.24) is 19.6 Å². The first-order chi connectivity index (χ1) is 17.3. The van der Waals surface area contributed by atoms with Crippen LogP contribution in [0.15, 0.2) is 84.1 Å². The van der Waals surface area contributed by atoms with Gasteiger partial charge < -0.3 is 20.2 Å². The van der Waals surface area contributed by atoms with Gasteiger partial charge in [0.05, 0.1) is 18.5 Å². The molecule has 12 heteroatoms. The van der Waals surface area contributed by atoms with Crippen molar-refractivity contribution in [2.75, 3.05) is 12.4 Å². The van der Waals surface area contributed by atoms with Gasteiger partial charge in [-0.1, -0.05) is 6.07 Å². The molecule has 2 aromatic heterocycles. The quantitative estimate of drug-likeness (QED) is 0.350. The van der Waals surface area contributed by atoms with Crippen LogP contribution in [0.1, 0.15) is 5.69 Å². The van der Waals surface area contributed by atoms with Gasteiger partial charge in [0.1, 0.15) is 17.2 Å². The van der Waals surface area contributed by atoms with E-state index in [-0.39, 0.29) is 17.1 Å². The summed E-state index contributed by atoms with van der Waals surface area (Å²) in [5.74, 6) is 0.00906. The zero-order valence-electron chi connectivity index (χ0n) is 18.7. The van der Waals surface area contributed by atoms with E-state index in [1.165, 1.54) is 42.3 Å². The fraction of sp³-hybridized carbons (Fsp3) is 0.0833. The van der Waals surface area contributed by atoms with Crippen LogP contribution in [0.2, 0.25) is 0 Å². The second-order valence-electron chi connectivity index (χ2n) is 7.23. The molecule has 0 unspecified atom stereocenters. The minimum absolute atomic E-state index is 0.0682. The highest BCUT2D eigenvalue weighted by Gasteiger charge is 2.31. The highest BCUT2D eigenvalue weighted by atomic mass is 19.4. The molecular weight excluding hydrogens is 477 g/mol. The van der Waals surface area contributed by atoms with E-state index < -0.39 is 17.5 Å². The van der Waals surface area contributed by atoms with Gasteiger partial charge in [-0.05, 0) is 36.4 Å². The van der Waals surface area contributed by atoms with E-state index in [2.05, 4.69) is 20.3 Å². The van der Waals surface area contributed by atoms with E-state index in [0.717, 1.165) is 24.0 Å². The number of allylic oxidation sites excluding steroid dienone is 1. The number of anilines is 1. The zero-order chi connectivity index (χ0) is 25.7. The van der Waals surface area contributed by atoms with E-state index >= 15 is 0 Å². The first kappa shape index (κ1) is 24.3. The van der Waals surface area contributed by atoms with E-state index in [9.17, 15) is 18.0 Å². The summed E-state index contributed by atoms with van der Waals surface area (Å²) < 4.78 is 50.3. The SMILES string of the molecule is COc1cc(-n2cccn2)ccc1-n1ccc(=O)c(/C(=C/C=N)Nc2cccc(OC(F)(F)F)c2)n1. The van der Waals surface area contributed by atoms with Crippen molar-refractivity contribution in [3.05, 3.63) is 95.2 Å². The van der Waals surface area contributed by atoms with Gasteiger partial charge in [0.2, 0.25) is 5.43 Å². The molecule has 36 heavy (non-hydrogen) atoms. The lowest BCUT2D eigenvalue weighted by molar-refractivity contribution is -0.274. The number of nitrogens with one attached hydrogen (secondary N) is 2. The molecular formula is C24H19F3N6O3. The van der Waals surface area contributed by atoms with Crippen LogP contribution in [0.3, 0.4) is 0 Å². The summed E-state index contributed by atoms with van der Waals surface area (Å²) in [6, 6.07) is 13.5. The predicted molar refractivity (Wildman–Crippen MR) is 127 cm³/mol. The molecule has 0 amide bonds. The molecule has 2 heterocycles. The highest BCUT2D eigenvalue weighted by molar-refractivity contribution is 5.87. The third-order valence-electron chi connectivity index (χ3n) is 4.84. The van der Waals surface area contributed by atoms with Crippen LogP contribution >= 0.6 is 0 Å². The molecule has 0 radical (unpaired) electrons. The Kier molecular flexibility index (Phi) is 6.86. The topological polar surface area (TPSA) is 107 Å². The summed E-state index contributed by atoms with van der Waals surface area (Å²) in [4.78, 5) is 12.7. The van der Waals surface area contributed by atoms with Crippen molar-refractivity contribution in [3.63, 3.8) is 0 Å². The Bertz CT molecular complexity index is 1460. The molecule has 9 nitrogen and oxygen atoms in total. The molecule has 0 saturated carbocycles. The first-order valence-corrected chi connectivity index (χ1v) is 10.4. The van der Waals surface area contributed by atoms with Gasteiger partial charge in [0.15, 0.2) is 5.69 Å². The fourth-order valence-corrected chi connectivity index (χ4v) is 3.34. The average molecular weight is 496 g/mol. The Morgan fingerprint density at radius 1 is 1.08 bits per heavy atom. The van der Waals surface area contributed by atoms with Crippen molar-refractivity contribution < 1.29 is 22.6 Å². The number of ether oxygens (including phenoxy) is 2. The molecule has 0 fully saturated rings. The van der Waals surface area contributed by atoms with Crippen LogP contribution in [-0.2, 0) is 0 Å². The van der Waals surface area contributed by atoms with Crippen molar-refractivity contribution in [3.8, 4) is 22.9 Å². The maximum Gasteiger partial charge on any atom is 0.573 e. The molecule has 0 aliphatic carbocycles. The number of methoxy groups -OCH3 is 1. The van der Waals surface area contributed by atoms with Gasteiger partial charge in [-0.3, -0.25) is 4.79 Å². The third-order valence-corrected chi connectivity index (χ3v) is 4.84. The van der Waals surface area contributed by atoms with Crippen molar-refractivity contribution >= 4 is 17.6 Å². The van der Waals surface area contributed by atoms with E-state index in [0.29, 0.717) is 11.4 Å². The van der Waals surface area contributed by atoms with E-state index in [1.807, 2.05) is 0 Å². The summed E-state index contributed by atoms with van der Waals surface area (Å²) in [6.45, 7) is 0. The Labute approximate surface area is 202 Å². The summed E-state index contributed by atoms with van der Waals surface area (Å²) >= 11 is 0. The average Bonchev–Trinajstić information content (AvgIpc) is 3.38. The molecule has 0 spiro atoms. The molecule has 2 N–H and O–H groups in total. The minimum atomic E-state index is -4.85. The molecule has 4 aromatic rings. The van der Waals surface area contributed by atoms with Crippen LogP contribution in [0.5, 0.6) is 11.5 Å².